The Balaban J connectivity index is 0.000000494. The molecule has 0 atom stereocenters. The highest BCUT2D eigenvalue weighted by Gasteiger charge is 2.19. The molecule has 0 spiro atoms. The van der Waals surface area contributed by atoms with E-state index < -0.39 is 9.39 Å². The summed E-state index contributed by atoms with van der Waals surface area (Å²) in [6.45, 7) is 10.7. The third-order valence-electron chi connectivity index (χ3n) is 2.11. The highest BCUT2D eigenvalue weighted by Crippen LogP contribution is 2.23. The van der Waals surface area contributed by atoms with Crippen LogP contribution in [0.15, 0.2) is 16.5 Å². The minimum absolute atomic E-state index is 0.470. The average molecular weight is 348 g/mol. The van der Waals surface area contributed by atoms with Crippen LogP contribution in [0.2, 0.25) is 0 Å². The van der Waals surface area contributed by atoms with Crippen molar-refractivity contribution < 1.29 is 4.42 Å². The molecule has 0 aliphatic heterocycles. The van der Waals surface area contributed by atoms with Gasteiger partial charge >= 0.3 is 20.9 Å². The van der Waals surface area contributed by atoms with Gasteiger partial charge in [0.2, 0.25) is 0 Å². The van der Waals surface area contributed by atoms with E-state index in [-0.39, 0.29) is 0 Å². The van der Waals surface area contributed by atoms with Gasteiger partial charge in [0.1, 0.15) is 0 Å². The molecule has 0 N–H and O–H groups in total. The van der Waals surface area contributed by atoms with Crippen molar-refractivity contribution in [1.82, 2.24) is 0 Å². The topological polar surface area (TPSA) is 11.3 Å². The summed E-state index contributed by atoms with van der Waals surface area (Å²) in [4.78, 5) is 0. The molecule has 0 radical (unpaired) electrons. The number of rotatable bonds is 2. The van der Waals surface area contributed by atoms with Crippen molar-refractivity contribution >= 4 is 49.6 Å². The summed E-state index contributed by atoms with van der Waals surface area (Å²) in [5.74, 6) is 3.11. The fourth-order valence-corrected chi connectivity index (χ4v) is 1.25. The van der Waals surface area contributed by atoms with E-state index >= 15 is 0 Å². The van der Waals surface area contributed by atoms with Gasteiger partial charge in [0, 0.05) is 12.1 Å². The van der Waals surface area contributed by atoms with Crippen LogP contribution in [-0.4, -0.2) is 9.39 Å². The van der Waals surface area contributed by atoms with Crippen molar-refractivity contribution in [3.8, 4) is 0 Å². The van der Waals surface area contributed by atoms with Gasteiger partial charge in [0.05, 0.1) is 11.8 Å². The van der Waals surface area contributed by atoms with Gasteiger partial charge in [0.25, 0.3) is 0 Å². The molecule has 0 aromatic carbocycles. The average Bonchev–Trinajstić information content (AvgIpc) is 2.13. The third-order valence-corrected chi connectivity index (χ3v) is 2.11. The summed E-state index contributed by atoms with van der Waals surface area (Å²) in [7, 11) is 17.0. The highest BCUT2D eigenvalue weighted by atomic mass is 35.9. The van der Waals surface area contributed by atoms with E-state index in [1.165, 1.54) is 5.56 Å². The van der Waals surface area contributed by atoms with Gasteiger partial charge in [-0.25, -0.2) is 4.42 Å². The lowest BCUT2D eigenvalue weighted by Crippen LogP contribution is -1.94. The predicted octanol–water partition coefficient (Wildman–Crippen LogP) is 6.49. The first kappa shape index (κ1) is 18.8. The monoisotopic (exact) mass is 346 g/mol. The van der Waals surface area contributed by atoms with Crippen LogP contribution < -0.4 is 0 Å². The van der Waals surface area contributed by atoms with Crippen molar-refractivity contribution in [2.45, 2.75) is 46.5 Å². The smallest absolute Gasteiger partial charge is 0.391 e. The molecular weight excluding hydrogens is 329 g/mol. The maximum atomic E-state index is 5.78. The number of hydrogen-bond acceptors (Lipinski definition) is 0. The summed E-state index contributed by atoms with van der Waals surface area (Å²) in [5.41, 5.74) is 1.29. The van der Waals surface area contributed by atoms with E-state index in [2.05, 4.69) is 46.8 Å². The Morgan fingerprint density at radius 1 is 0.889 bits per heavy atom. The van der Waals surface area contributed by atoms with Crippen molar-refractivity contribution in [1.29, 1.82) is 0 Å². The molecule has 0 saturated heterocycles. The van der Waals surface area contributed by atoms with Gasteiger partial charge in [-0.15, -0.1) is 0 Å². The molecule has 1 heterocycles. The summed E-state index contributed by atoms with van der Waals surface area (Å²) in [6.07, 6.45) is 0. The molecule has 0 aliphatic rings. The largest absolute Gasteiger partial charge is 0.564 e. The zero-order valence-electron chi connectivity index (χ0n) is 11.3. The lowest BCUT2D eigenvalue weighted by atomic mass is 10.1. The summed E-state index contributed by atoms with van der Waals surface area (Å²) < 4.78 is 5.78. The molecule has 0 fully saturated rings. The van der Waals surface area contributed by atoms with Crippen LogP contribution >= 0.6 is 40.2 Å². The molecule has 1 rings (SSSR count). The van der Waals surface area contributed by atoms with E-state index in [0.29, 0.717) is 11.8 Å². The highest BCUT2D eigenvalue weighted by molar-refractivity contribution is 7.81. The second kappa shape index (κ2) is 8.20. The second-order valence-corrected chi connectivity index (χ2v) is 17.6. The van der Waals surface area contributed by atoms with Gasteiger partial charge in [-0.3, -0.25) is 0 Å². The maximum Gasteiger partial charge on any atom is 0.564 e. The Morgan fingerprint density at radius 2 is 1.17 bits per heavy atom. The van der Waals surface area contributed by atoms with Crippen LogP contribution in [0.4, 0.5) is 0 Å². The van der Waals surface area contributed by atoms with E-state index in [1.54, 1.807) is 0 Å². The first-order valence-corrected chi connectivity index (χ1v) is 12.8. The molecule has 0 saturated carbocycles. The zero-order valence-corrected chi connectivity index (χ0v) is 15.5. The minimum Gasteiger partial charge on any atom is -0.391 e. The molecule has 0 aliphatic carbocycles. The second-order valence-electron chi connectivity index (χ2n) is 4.74. The van der Waals surface area contributed by atoms with Gasteiger partial charge in [0.15, 0.2) is 0 Å². The normalized spacial score (nSPS) is 11.5. The van der Waals surface area contributed by atoms with E-state index in [0.717, 1.165) is 11.5 Å². The number of halogens is 4. The first-order chi connectivity index (χ1) is 8.00. The molecule has 1 nitrogen and oxygen atoms in total. The molecule has 6 heteroatoms. The predicted molar refractivity (Wildman–Crippen MR) is 85.2 cm³/mol. The molecule has 1 aromatic heterocycles. The molecule has 0 bridgehead atoms. The first-order valence-electron chi connectivity index (χ1n) is 5.82. The fraction of sp³-hybridized carbons (Fsp3) is 0.583. The number of aryl methyl sites for hydroxylation is 1. The Kier molecular flexibility index (Phi) is 8.59. The zero-order chi connectivity index (χ0) is 14.5. The van der Waals surface area contributed by atoms with Crippen LogP contribution in [0.5, 0.6) is 0 Å². The van der Waals surface area contributed by atoms with E-state index in [9.17, 15) is 0 Å². The molecule has 0 amide bonds. The summed E-state index contributed by atoms with van der Waals surface area (Å²) >= 11 is 0. The number of hydrogen-bond donors (Lipinski definition) is 0. The van der Waals surface area contributed by atoms with Crippen molar-refractivity contribution in [3.63, 3.8) is 0 Å². The van der Waals surface area contributed by atoms with Crippen LogP contribution in [0.3, 0.4) is 0 Å². The Labute approximate surface area is 129 Å². The van der Waals surface area contributed by atoms with E-state index in [4.69, 9.17) is 44.6 Å². The van der Waals surface area contributed by atoms with E-state index in [1.807, 2.05) is 0 Å². The Bertz CT molecular complexity index is 343. The minimum atomic E-state index is -2.94. The summed E-state index contributed by atoms with van der Waals surface area (Å²) in [6, 6.07) is 4.24. The molecule has 104 valence electrons. The van der Waals surface area contributed by atoms with Gasteiger partial charge in [-0.05, 0) is 12.5 Å². The Hall–Kier alpha value is 0.842. The standard InChI is InChI=1S/C12H19O.Al.4ClH/c1-8(2)11-6-10(5)7-12(13-11)9(3)4;;;;;/h6-9H,1-5H3;;4*1H/q+1;+3;;;;/p-4. The quantitative estimate of drug-likeness (QED) is 0.439. The van der Waals surface area contributed by atoms with Gasteiger partial charge in [-0.2, -0.15) is 0 Å². The van der Waals surface area contributed by atoms with Crippen molar-refractivity contribution in [2.24, 2.45) is 0 Å². The van der Waals surface area contributed by atoms with Crippen molar-refractivity contribution in [2.75, 3.05) is 0 Å². The maximum absolute atomic E-state index is 5.78. The third kappa shape index (κ3) is 9.73. The van der Waals surface area contributed by atoms with Crippen molar-refractivity contribution in [3.05, 3.63) is 29.2 Å². The molecule has 18 heavy (non-hydrogen) atoms. The lowest BCUT2D eigenvalue weighted by molar-refractivity contribution is 0.413. The SMILES string of the molecule is Cc1cc(C(C)C)[o+]c(C(C)C)c1.[Cl][Al-]([Cl])([Cl])[Cl]. The van der Waals surface area contributed by atoms with Crippen LogP contribution in [-0.2, 0) is 0 Å². The van der Waals surface area contributed by atoms with Crippen LogP contribution in [0.25, 0.3) is 0 Å². The molecule has 0 unspecified atom stereocenters. The Morgan fingerprint density at radius 3 is 1.39 bits per heavy atom. The summed E-state index contributed by atoms with van der Waals surface area (Å²) in [5, 5.41) is 0. The fourth-order valence-electron chi connectivity index (χ4n) is 1.25. The van der Waals surface area contributed by atoms with Crippen LogP contribution in [0, 0.1) is 6.92 Å². The van der Waals surface area contributed by atoms with Crippen LogP contribution in [0.1, 0.15) is 56.6 Å². The van der Waals surface area contributed by atoms with Gasteiger partial charge < -0.3 is 40.2 Å². The molecule has 1 aromatic rings. The lowest BCUT2D eigenvalue weighted by Gasteiger charge is -1.99. The molecular formula is C12H19AlCl4O. The van der Waals surface area contributed by atoms with Gasteiger partial charge in [-0.1, -0.05) is 27.7 Å².